The minimum atomic E-state index is -0.227. The van der Waals surface area contributed by atoms with Crippen LogP contribution >= 0.6 is 0 Å². The van der Waals surface area contributed by atoms with Crippen LogP contribution in [0.15, 0.2) is 42.0 Å². The minimum Gasteiger partial charge on any atom is -0.461 e. The Hall–Kier alpha value is -1.57. The molecule has 0 aliphatic carbocycles. The number of benzene rings is 1. The molecular weight excluding hydrogens is 200 g/mol. The molecule has 0 spiro atoms. The number of carbonyl (C=O) groups is 1. The zero-order valence-corrected chi connectivity index (χ0v) is 9.90. The van der Waals surface area contributed by atoms with Crippen LogP contribution in [0.3, 0.4) is 0 Å². The van der Waals surface area contributed by atoms with E-state index >= 15 is 0 Å². The summed E-state index contributed by atoms with van der Waals surface area (Å²) in [6.07, 6.45) is 3.93. The largest absolute Gasteiger partial charge is 0.461 e. The third-order valence-corrected chi connectivity index (χ3v) is 2.23. The molecule has 2 nitrogen and oxygen atoms in total. The molecule has 1 aromatic carbocycles. The first kappa shape index (κ1) is 12.5. The summed E-state index contributed by atoms with van der Waals surface area (Å²) in [7, 11) is 0. The fourth-order valence-corrected chi connectivity index (χ4v) is 1.52. The van der Waals surface area contributed by atoms with Crippen molar-refractivity contribution >= 4 is 5.97 Å². The fraction of sp³-hybridized carbons (Fsp3) is 0.357. The van der Waals surface area contributed by atoms with Crippen LogP contribution in [0.2, 0.25) is 0 Å². The summed E-state index contributed by atoms with van der Waals surface area (Å²) in [5.41, 5.74) is 2.40. The van der Waals surface area contributed by atoms with Crippen molar-refractivity contribution in [3.63, 3.8) is 0 Å². The summed E-state index contributed by atoms with van der Waals surface area (Å²) in [4.78, 5) is 10.8. The second kappa shape index (κ2) is 6.83. The molecule has 86 valence electrons. The Kier molecular flexibility index (Phi) is 5.34. The van der Waals surface area contributed by atoms with Crippen molar-refractivity contribution < 1.29 is 9.53 Å². The van der Waals surface area contributed by atoms with Crippen LogP contribution in [-0.4, -0.2) is 12.6 Å². The average Bonchev–Trinajstić information content (AvgIpc) is 2.27. The molecule has 0 saturated heterocycles. The van der Waals surface area contributed by atoms with Gasteiger partial charge in [-0.05, 0) is 24.0 Å². The molecule has 16 heavy (non-hydrogen) atoms. The number of carbonyl (C=O) groups excluding carboxylic acids is 1. The van der Waals surface area contributed by atoms with Crippen LogP contribution in [0.1, 0.15) is 25.8 Å². The summed E-state index contributed by atoms with van der Waals surface area (Å²) in [6.45, 7) is 3.92. The number of esters is 1. The maximum Gasteiger partial charge on any atom is 0.302 e. The molecule has 2 heteroatoms. The Morgan fingerprint density at radius 2 is 2.00 bits per heavy atom. The molecule has 1 aromatic rings. The summed E-state index contributed by atoms with van der Waals surface area (Å²) in [6, 6.07) is 10.2. The van der Waals surface area contributed by atoms with Crippen molar-refractivity contribution in [2.75, 3.05) is 6.61 Å². The van der Waals surface area contributed by atoms with E-state index in [4.69, 9.17) is 4.74 Å². The second-order valence-electron chi connectivity index (χ2n) is 3.71. The highest BCUT2D eigenvalue weighted by atomic mass is 16.5. The van der Waals surface area contributed by atoms with Gasteiger partial charge in [-0.1, -0.05) is 43.3 Å². The first-order chi connectivity index (χ1) is 7.72. The highest BCUT2D eigenvalue weighted by Crippen LogP contribution is 2.09. The lowest BCUT2D eigenvalue weighted by Crippen LogP contribution is -2.05. The van der Waals surface area contributed by atoms with E-state index in [1.165, 1.54) is 12.5 Å². The van der Waals surface area contributed by atoms with Gasteiger partial charge in [0.25, 0.3) is 0 Å². The van der Waals surface area contributed by atoms with Gasteiger partial charge in [0, 0.05) is 6.92 Å². The first-order valence-corrected chi connectivity index (χ1v) is 5.57. The van der Waals surface area contributed by atoms with E-state index in [0.29, 0.717) is 6.61 Å². The molecule has 0 bridgehead atoms. The van der Waals surface area contributed by atoms with Crippen molar-refractivity contribution in [2.24, 2.45) is 0 Å². The standard InChI is InChI=1S/C14H18O2/c1-3-7-14(11-16-12(2)15)10-13-8-5-4-6-9-13/h4-9H,3,10-11H2,1-2H3/b14-7+. The lowest BCUT2D eigenvalue weighted by Gasteiger charge is -2.07. The van der Waals surface area contributed by atoms with E-state index in [9.17, 15) is 4.79 Å². The molecule has 1 rings (SSSR count). The number of rotatable bonds is 5. The summed E-state index contributed by atoms with van der Waals surface area (Å²) >= 11 is 0. The highest BCUT2D eigenvalue weighted by Gasteiger charge is 2.01. The van der Waals surface area contributed by atoms with Crippen molar-refractivity contribution in [3.05, 3.63) is 47.5 Å². The Bertz CT molecular complexity index is 352. The van der Waals surface area contributed by atoms with Crippen LogP contribution < -0.4 is 0 Å². The van der Waals surface area contributed by atoms with Gasteiger partial charge in [-0.2, -0.15) is 0 Å². The van der Waals surface area contributed by atoms with Gasteiger partial charge in [-0.3, -0.25) is 4.79 Å². The number of allylic oxidation sites excluding steroid dienone is 1. The number of hydrogen-bond acceptors (Lipinski definition) is 2. The average molecular weight is 218 g/mol. The maximum absolute atomic E-state index is 10.8. The zero-order valence-electron chi connectivity index (χ0n) is 9.90. The van der Waals surface area contributed by atoms with Gasteiger partial charge in [-0.15, -0.1) is 0 Å². The van der Waals surface area contributed by atoms with Crippen molar-refractivity contribution in [2.45, 2.75) is 26.7 Å². The first-order valence-electron chi connectivity index (χ1n) is 5.57. The number of hydrogen-bond donors (Lipinski definition) is 0. The van der Waals surface area contributed by atoms with Crippen LogP contribution in [0, 0.1) is 0 Å². The molecule has 0 atom stereocenters. The van der Waals surface area contributed by atoms with Gasteiger partial charge in [-0.25, -0.2) is 0 Å². The van der Waals surface area contributed by atoms with Gasteiger partial charge in [0.2, 0.25) is 0 Å². The molecule has 0 unspecified atom stereocenters. The Balaban J connectivity index is 2.58. The molecular formula is C14H18O2. The van der Waals surface area contributed by atoms with E-state index in [1.807, 2.05) is 18.2 Å². The van der Waals surface area contributed by atoms with Gasteiger partial charge in [0.05, 0.1) is 0 Å². The molecule has 0 fully saturated rings. The van der Waals surface area contributed by atoms with Crippen LogP contribution in [0.5, 0.6) is 0 Å². The highest BCUT2D eigenvalue weighted by molar-refractivity contribution is 5.66. The molecule has 0 heterocycles. The molecule has 0 saturated carbocycles. The van der Waals surface area contributed by atoms with Gasteiger partial charge >= 0.3 is 5.97 Å². The van der Waals surface area contributed by atoms with Crippen molar-refractivity contribution in [1.82, 2.24) is 0 Å². The van der Waals surface area contributed by atoms with Crippen LogP contribution in [0.4, 0.5) is 0 Å². The molecule has 0 aliphatic heterocycles. The summed E-state index contributed by atoms with van der Waals surface area (Å²) < 4.78 is 5.02. The van der Waals surface area contributed by atoms with E-state index in [2.05, 4.69) is 25.1 Å². The van der Waals surface area contributed by atoms with Gasteiger partial charge in [0.1, 0.15) is 6.61 Å². The predicted molar refractivity (Wildman–Crippen MR) is 65.2 cm³/mol. The fourth-order valence-electron chi connectivity index (χ4n) is 1.52. The normalized spacial score (nSPS) is 11.2. The Labute approximate surface area is 96.9 Å². The third-order valence-electron chi connectivity index (χ3n) is 2.23. The lowest BCUT2D eigenvalue weighted by molar-refractivity contribution is -0.140. The Morgan fingerprint density at radius 3 is 2.56 bits per heavy atom. The molecule has 0 aliphatic rings. The smallest absolute Gasteiger partial charge is 0.302 e. The van der Waals surface area contributed by atoms with Gasteiger partial charge < -0.3 is 4.74 Å². The van der Waals surface area contributed by atoms with Crippen LogP contribution in [-0.2, 0) is 16.0 Å². The van der Waals surface area contributed by atoms with E-state index in [0.717, 1.165) is 18.4 Å². The predicted octanol–water partition coefficient (Wildman–Crippen LogP) is 3.13. The number of ether oxygens (including phenoxy) is 1. The molecule has 0 amide bonds. The SMILES string of the molecule is CC/C=C(/COC(C)=O)Cc1ccccc1. The van der Waals surface area contributed by atoms with E-state index in [1.54, 1.807) is 0 Å². The Morgan fingerprint density at radius 1 is 1.31 bits per heavy atom. The van der Waals surface area contributed by atoms with Crippen molar-refractivity contribution in [3.8, 4) is 0 Å². The molecule has 0 aromatic heterocycles. The quantitative estimate of drug-likeness (QED) is 0.560. The second-order valence-corrected chi connectivity index (χ2v) is 3.71. The summed E-state index contributed by atoms with van der Waals surface area (Å²) in [5.74, 6) is -0.227. The lowest BCUT2D eigenvalue weighted by atomic mass is 10.1. The monoisotopic (exact) mass is 218 g/mol. The molecule has 0 N–H and O–H groups in total. The van der Waals surface area contributed by atoms with Crippen molar-refractivity contribution in [1.29, 1.82) is 0 Å². The maximum atomic E-state index is 10.8. The van der Waals surface area contributed by atoms with Crippen LogP contribution in [0.25, 0.3) is 0 Å². The minimum absolute atomic E-state index is 0.227. The summed E-state index contributed by atoms with van der Waals surface area (Å²) in [5, 5.41) is 0. The zero-order chi connectivity index (χ0) is 11.8. The topological polar surface area (TPSA) is 26.3 Å². The van der Waals surface area contributed by atoms with E-state index < -0.39 is 0 Å². The van der Waals surface area contributed by atoms with Gasteiger partial charge in [0.15, 0.2) is 0 Å². The molecule has 0 radical (unpaired) electrons. The van der Waals surface area contributed by atoms with E-state index in [-0.39, 0.29) is 5.97 Å². The third kappa shape index (κ3) is 4.78.